The number of amides is 3. The maximum absolute atomic E-state index is 12.7. The topological polar surface area (TPSA) is 84.9 Å². The van der Waals surface area contributed by atoms with Crippen LogP contribution in [0.1, 0.15) is 39.9 Å². The molecule has 0 radical (unpaired) electrons. The van der Waals surface area contributed by atoms with Crippen LogP contribution in [0, 0.1) is 0 Å². The number of nitrogens with zero attached hydrogens (tertiary/aromatic N) is 1. The van der Waals surface area contributed by atoms with Gasteiger partial charge in [0.15, 0.2) is 11.5 Å². The van der Waals surface area contributed by atoms with E-state index in [1.54, 1.807) is 24.3 Å². The van der Waals surface area contributed by atoms with E-state index in [4.69, 9.17) is 9.47 Å². The van der Waals surface area contributed by atoms with Gasteiger partial charge in [0.05, 0.1) is 4.91 Å². The van der Waals surface area contributed by atoms with Crippen LogP contribution < -0.4 is 14.8 Å². The minimum atomic E-state index is -0.360. The summed E-state index contributed by atoms with van der Waals surface area (Å²) in [7, 11) is 0. The number of hydrogen-bond acceptors (Lipinski definition) is 6. The first-order valence-corrected chi connectivity index (χ1v) is 11.5. The first-order chi connectivity index (χ1) is 15.6. The Morgan fingerprint density at radius 2 is 1.84 bits per heavy atom. The van der Waals surface area contributed by atoms with Gasteiger partial charge in [-0.25, -0.2) is 0 Å². The largest absolute Gasteiger partial charge is 0.454 e. The van der Waals surface area contributed by atoms with Crippen LogP contribution in [0.4, 0.5) is 4.79 Å². The van der Waals surface area contributed by atoms with E-state index in [9.17, 15) is 14.4 Å². The highest BCUT2D eigenvalue weighted by atomic mass is 32.2. The molecule has 2 aliphatic heterocycles. The zero-order valence-corrected chi connectivity index (χ0v) is 18.2. The molecule has 0 spiro atoms. The van der Waals surface area contributed by atoms with Crippen molar-refractivity contribution < 1.29 is 23.9 Å². The number of rotatable bonds is 5. The number of carbonyl (C=O) groups excluding carboxylic acids is 3. The fraction of sp³-hybridized carbons (Fsp3) is 0.292. The van der Waals surface area contributed by atoms with E-state index in [2.05, 4.69) is 5.32 Å². The molecule has 3 aliphatic rings. The summed E-state index contributed by atoms with van der Waals surface area (Å²) in [6.45, 7) is 0.498. The van der Waals surface area contributed by atoms with Gasteiger partial charge in [-0.15, -0.1) is 0 Å². The molecule has 1 aliphatic carbocycles. The van der Waals surface area contributed by atoms with Gasteiger partial charge in [-0.05, 0) is 84.5 Å². The van der Waals surface area contributed by atoms with Crippen molar-refractivity contribution in [1.82, 2.24) is 10.2 Å². The number of hydrogen-bond donors (Lipinski definition) is 1. The Balaban J connectivity index is 1.19. The van der Waals surface area contributed by atoms with E-state index in [1.165, 1.54) is 17.5 Å². The lowest BCUT2D eigenvalue weighted by Gasteiger charge is -2.17. The molecule has 0 unspecified atom stereocenters. The predicted molar refractivity (Wildman–Crippen MR) is 121 cm³/mol. The molecule has 32 heavy (non-hydrogen) atoms. The molecule has 8 heteroatoms. The molecule has 2 aromatic rings. The summed E-state index contributed by atoms with van der Waals surface area (Å²) >= 11 is 0.894. The van der Waals surface area contributed by atoms with Crippen molar-refractivity contribution in [2.24, 2.45) is 0 Å². The number of ether oxygens (including phenoxy) is 2. The summed E-state index contributed by atoms with van der Waals surface area (Å²) in [5.41, 5.74) is 3.92. The summed E-state index contributed by atoms with van der Waals surface area (Å²) in [5, 5.41) is 2.48. The van der Waals surface area contributed by atoms with Crippen molar-refractivity contribution in [2.45, 2.75) is 25.7 Å². The molecule has 1 saturated heterocycles. The average molecular weight is 451 g/mol. The van der Waals surface area contributed by atoms with Crippen LogP contribution >= 0.6 is 11.8 Å². The second-order valence-corrected chi connectivity index (χ2v) is 8.89. The van der Waals surface area contributed by atoms with Gasteiger partial charge in [-0.3, -0.25) is 19.3 Å². The summed E-state index contributed by atoms with van der Waals surface area (Å²) in [6.07, 6.45) is 6.08. The molecular formula is C24H22N2O5S. The van der Waals surface area contributed by atoms with Gasteiger partial charge < -0.3 is 14.8 Å². The first kappa shape index (κ1) is 20.6. The number of imide groups is 1. The van der Waals surface area contributed by atoms with Gasteiger partial charge in [0.25, 0.3) is 17.1 Å². The molecule has 0 atom stereocenters. The van der Waals surface area contributed by atoms with Crippen LogP contribution in [0.3, 0.4) is 0 Å². The Morgan fingerprint density at radius 3 is 2.72 bits per heavy atom. The van der Waals surface area contributed by atoms with E-state index in [-0.39, 0.29) is 36.9 Å². The van der Waals surface area contributed by atoms with Crippen molar-refractivity contribution in [3.63, 3.8) is 0 Å². The normalized spacial score (nSPS) is 18.2. The third-order valence-electron chi connectivity index (χ3n) is 5.80. The third kappa shape index (κ3) is 4.10. The van der Waals surface area contributed by atoms with Gasteiger partial charge in [-0.1, -0.05) is 12.1 Å². The number of nitrogens with one attached hydrogen (secondary N) is 1. The molecular weight excluding hydrogens is 428 g/mol. The predicted octanol–water partition coefficient (Wildman–Crippen LogP) is 3.76. The molecule has 5 rings (SSSR count). The van der Waals surface area contributed by atoms with E-state index in [0.29, 0.717) is 22.0 Å². The van der Waals surface area contributed by atoms with Gasteiger partial charge >= 0.3 is 0 Å². The molecule has 0 bridgehead atoms. The monoisotopic (exact) mass is 450 g/mol. The maximum Gasteiger partial charge on any atom is 0.293 e. The lowest BCUT2D eigenvalue weighted by molar-refractivity contribution is -0.122. The highest BCUT2D eigenvalue weighted by Gasteiger charge is 2.34. The Hall–Kier alpha value is -3.26. The second-order valence-electron chi connectivity index (χ2n) is 7.89. The maximum atomic E-state index is 12.7. The zero-order valence-electron chi connectivity index (χ0n) is 17.4. The molecule has 7 nitrogen and oxygen atoms in total. The molecule has 2 aromatic carbocycles. The number of aryl methyl sites for hydroxylation is 2. The molecule has 164 valence electrons. The number of benzene rings is 2. The van der Waals surface area contributed by atoms with Crippen molar-refractivity contribution in [3.8, 4) is 11.5 Å². The van der Waals surface area contributed by atoms with Crippen LogP contribution in [-0.2, 0) is 17.6 Å². The lowest BCUT2D eigenvalue weighted by atomic mass is 9.90. The molecule has 0 saturated carbocycles. The number of fused-ring (bicyclic) bond motifs is 2. The second kappa shape index (κ2) is 8.70. The van der Waals surface area contributed by atoms with Gasteiger partial charge in [0.2, 0.25) is 6.79 Å². The highest BCUT2D eigenvalue weighted by molar-refractivity contribution is 8.18. The Labute approximate surface area is 189 Å². The van der Waals surface area contributed by atoms with Crippen molar-refractivity contribution in [3.05, 3.63) is 63.6 Å². The smallest absolute Gasteiger partial charge is 0.293 e. The van der Waals surface area contributed by atoms with E-state index < -0.39 is 0 Å². The molecule has 3 amide bonds. The SMILES string of the molecule is O=C(NCCN1C(=O)S/C(=C\c2ccc3c(c2)OCO3)C1=O)c1ccc2c(c1)CCCC2. The molecule has 2 heterocycles. The van der Waals surface area contributed by atoms with Crippen molar-refractivity contribution in [2.75, 3.05) is 19.9 Å². The van der Waals surface area contributed by atoms with Crippen LogP contribution in [0.5, 0.6) is 11.5 Å². The highest BCUT2D eigenvalue weighted by Crippen LogP contribution is 2.36. The Morgan fingerprint density at radius 1 is 1.03 bits per heavy atom. The van der Waals surface area contributed by atoms with Crippen LogP contribution in [-0.4, -0.2) is 41.8 Å². The molecule has 0 aromatic heterocycles. The third-order valence-corrected chi connectivity index (χ3v) is 6.71. The van der Waals surface area contributed by atoms with Gasteiger partial charge in [0, 0.05) is 18.7 Å². The van der Waals surface area contributed by atoms with E-state index in [1.807, 2.05) is 18.2 Å². The minimum absolute atomic E-state index is 0.125. The Bertz CT molecular complexity index is 1140. The number of carbonyl (C=O) groups is 3. The summed E-state index contributed by atoms with van der Waals surface area (Å²) in [6, 6.07) is 11.2. The Kier molecular flexibility index (Phi) is 5.61. The van der Waals surface area contributed by atoms with Gasteiger partial charge in [0.1, 0.15) is 0 Å². The first-order valence-electron chi connectivity index (χ1n) is 10.6. The zero-order chi connectivity index (χ0) is 22.1. The average Bonchev–Trinajstić information content (AvgIpc) is 3.38. The van der Waals surface area contributed by atoms with Crippen LogP contribution in [0.15, 0.2) is 41.3 Å². The van der Waals surface area contributed by atoms with E-state index >= 15 is 0 Å². The van der Waals surface area contributed by atoms with Crippen molar-refractivity contribution >= 4 is 34.9 Å². The summed E-state index contributed by atoms with van der Waals surface area (Å²) in [4.78, 5) is 39.1. The molecule has 1 N–H and O–H groups in total. The summed E-state index contributed by atoms with van der Waals surface area (Å²) in [5.74, 6) is 0.717. The summed E-state index contributed by atoms with van der Waals surface area (Å²) < 4.78 is 10.6. The lowest BCUT2D eigenvalue weighted by Crippen LogP contribution is -2.37. The van der Waals surface area contributed by atoms with Gasteiger partial charge in [-0.2, -0.15) is 0 Å². The van der Waals surface area contributed by atoms with Crippen LogP contribution in [0.2, 0.25) is 0 Å². The fourth-order valence-electron chi connectivity index (χ4n) is 4.11. The number of thioether (sulfide) groups is 1. The minimum Gasteiger partial charge on any atom is -0.454 e. The quantitative estimate of drug-likeness (QED) is 0.699. The van der Waals surface area contributed by atoms with Crippen molar-refractivity contribution in [1.29, 1.82) is 0 Å². The fourth-order valence-corrected chi connectivity index (χ4v) is 4.97. The molecule has 1 fully saturated rings. The van der Waals surface area contributed by atoms with E-state index in [0.717, 1.165) is 41.5 Å². The van der Waals surface area contributed by atoms with Crippen LogP contribution in [0.25, 0.3) is 6.08 Å². The standard InChI is InChI=1S/C24H22N2O5S/c27-22(18-7-6-16-3-1-2-4-17(16)13-18)25-9-10-26-23(28)21(32-24(26)29)12-15-5-8-19-20(11-15)31-14-30-19/h5-8,11-13H,1-4,9-10,14H2,(H,25,27)/b21-12-.